The predicted molar refractivity (Wildman–Crippen MR) is 140 cm³/mol. The third kappa shape index (κ3) is 4.10. The number of pyridine rings is 2. The summed E-state index contributed by atoms with van der Waals surface area (Å²) in [5.41, 5.74) is 9.44. The van der Waals surface area contributed by atoms with Crippen LogP contribution in [0.2, 0.25) is 0 Å². The predicted octanol–water partition coefficient (Wildman–Crippen LogP) is 4.55. The number of nitrogens with zero attached hydrogens (tertiary/aromatic N) is 4. The van der Waals surface area contributed by atoms with Crippen molar-refractivity contribution in [3.63, 3.8) is 0 Å². The van der Waals surface area contributed by atoms with Crippen LogP contribution in [0.25, 0.3) is 22.2 Å². The number of nitrogens with one attached hydrogen (secondary N) is 2. The number of rotatable bonds is 6. The van der Waals surface area contributed by atoms with Crippen LogP contribution >= 0.6 is 0 Å². The summed E-state index contributed by atoms with van der Waals surface area (Å²) in [4.78, 5) is 12.2. The lowest BCUT2D eigenvalue weighted by molar-refractivity contribution is 0.193. The molecule has 0 saturated carbocycles. The summed E-state index contributed by atoms with van der Waals surface area (Å²) in [6, 6.07) is 13.0. The minimum atomic E-state index is 0.432. The van der Waals surface area contributed by atoms with Gasteiger partial charge in [-0.2, -0.15) is 0 Å². The molecule has 0 spiro atoms. The molecule has 1 fully saturated rings. The zero-order valence-electron chi connectivity index (χ0n) is 20.6. The smallest absolute Gasteiger partial charge is 0.130 e. The highest BCUT2D eigenvalue weighted by Crippen LogP contribution is 2.37. The summed E-state index contributed by atoms with van der Waals surface area (Å²) in [6.07, 6.45) is 5.14. The zero-order valence-corrected chi connectivity index (χ0v) is 20.6. The van der Waals surface area contributed by atoms with Gasteiger partial charge in [-0.1, -0.05) is 18.2 Å². The van der Waals surface area contributed by atoms with Gasteiger partial charge in [0.2, 0.25) is 0 Å². The van der Waals surface area contributed by atoms with E-state index in [9.17, 15) is 0 Å². The number of aryl methyl sites for hydroxylation is 1. The first kappa shape index (κ1) is 22.2. The highest BCUT2D eigenvalue weighted by Gasteiger charge is 2.24. The Morgan fingerprint density at radius 1 is 1.14 bits per heavy atom. The lowest BCUT2D eigenvalue weighted by Gasteiger charge is -2.19. The Bertz CT molecular complexity index is 1390. The molecule has 3 aromatic heterocycles. The SMILES string of the molecule is CN(C)Cc1nc(Nc2cnc(-c3cccc4c3ccn4C)c3c2CNC3)ccc1[C@H]1CCOC1. The van der Waals surface area contributed by atoms with E-state index in [0.717, 1.165) is 62.2 Å². The molecule has 4 aromatic rings. The first-order chi connectivity index (χ1) is 17.1. The fraction of sp³-hybridized carbons (Fsp3) is 0.357. The molecule has 2 aliphatic rings. The molecule has 6 rings (SSSR count). The Kier molecular flexibility index (Phi) is 5.76. The fourth-order valence-corrected chi connectivity index (χ4v) is 5.44. The summed E-state index contributed by atoms with van der Waals surface area (Å²) < 4.78 is 7.81. The Morgan fingerprint density at radius 3 is 2.86 bits per heavy atom. The molecule has 0 radical (unpaired) electrons. The first-order valence-corrected chi connectivity index (χ1v) is 12.3. The molecular weight excluding hydrogens is 436 g/mol. The van der Waals surface area contributed by atoms with Crippen LogP contribution in [0.1, 0.15) is 34.7 Å². The minimum absolute atomic E-state index is 0.432. The zero-order chi connectivity index (χ0) is 23.9. The fourth-order valence-electron chi connectivity index (χ4n) is 5.44. The maximum atomic E-state index is 5.65. The van der Waals surface area contributed by atoms with Crippen LogP contribution in [-0.4, -0.2) is 46.7 Å². The molecule has 0 aliphatic carbocycles. The van der Waals surface area contributed by atoms with Crippen molar-refractivity contribution < 1.29 is 4.74 Å². The van der Waals surface area contributed by atoms with Crippen LogP contribution in [0, 0.1) is 0 Å². The third-order valence-corrected chi connectivity index (χ3v) is 7.19. The van der Waals surface area contributed by atoms with Gasteiger partial charge >= 0.3 is 0 Å². The van der Waals surface area contributed by atoms with Crippen molar-refractivity contribution in [3.05, 3.63) is 71.2 Å². The summed E-state index contributed by atoms with van der Waals surface area (Å²) in [7, 11) is 6.26. The molecule has 0 unspecified atom stereocenters. The second kappa shape index (κ2) is 9.07. The number of hydrogen-bond acceptors (Lipinski definition) is 6. The van der Waals surface area contributed by atoms with Crippen molar-refractivity contribution in [3.8, 4) is 11.3 Å². The lowest BCUT2D eigenvalue weighted by Crippen LogP contribution is -2.16. The number of hydrogen-bond donors (Lipinski definition) is 2. The highest BCUT2D eigenvalue weighted by molar-refractivity contribution is 5.95. The molecule has 1 atom stereocenters. The van der Waals surface area contributed by atoms with Crippen LogP contribution in [0.5, 0.6) is 0 Å². The second-order valence-electron chi connectivity index (χ2n) is 9.90. The normalized spacial score (nSPS) is 17.4. The van der Waals surface area contributed by atoms with Gasteiger partial charge in [0.15, 0.2) is 0 Å². The number of anilines is 2. The van der Waals surface area contributed by atoms with Crippen molar-refractivity contribution in [2.75, 3.05) is 32.6 Å². The quantitative estimate of drug-likeness (QED) is 0.433. The maximum Gasteiger partial charge on any atom is 0.130 e. The number of fused-ring (bicyclic) bond motifs is 2. The minimum Gasteiger partial charge on any atom is -0.381 e. The average Bonchev–Trinajstić information content (AvgIpc) is 3.61. The Hall–Kier alpha value is -3.26. The molecule has 5 heterocycles. The molecule has 1 saturated heterocycles. The van der Waals surface area contributed by atoms with Gasteiger partial charge in [-0.05, 0) is 55.4 Å². The number of benzene rings is 1. The van der Waals surface area contributed by atoms with Gasteiger partial charge in [0.25, 0.3) is 0 Å². The van der Waals surface area contributed by atoms with Gasteiger partial charge in [0, 0.05) is 61.9 Å². The molecular formula is C28H32N6O. The molecule has 0 amide bonds. The molecule has 7 nitrogen and oxygen atoms in total. The van der Waals surface area contributed by atoms with E-state index in [1.807, 2.05) is 6.20 Å². The van der Waals surface area contributed by atoms with E-state index in [0.29, 0.717) is 5.92 Å². The van der Waals surface area contributed by atoms with Crippen molar-refractivity contribution in [2.45, 2.75) is 32.0 Å². The molecule has 2 N–H and O–H groups in total. The topological polar surface area (TPSA) is 67.2 Å². The van der Waals surface area contributed by atoms with Gasteiger partial charge in [-0.15, -0.1) is 0 Å². The van der Waals surface area contributed by atoms with E-state index in [-0.39, 0.29) is 0 Å². The van der Waals surface area contributed by atoms with Crippen LogP contribution in [0.3, 0.4) is 0 Å². The molecule has 180 valence electrons. The molecule has 2 aliphatic heterocycles. The second-order valence-corrected chi connectivity index (χ2v) is 9.90. The lowest BCUT2D eigenvalue weighted by atomic mass is 9.96. The Morgan fingerprint density at radius 2 is 2.03 bits per heavy atom. The van der Waals surface area contributed by atoms with Gasteiger partial charge in [0.05, 0.1) is 29.9 Å². The molecule has 0 bridgehead atoms. The summed E-state index contributed by atoms with van der Waals surface area (Å²) >= 11 is 0. The Balaban J connectivity index is 1.36. The summed E-state index contributed by atoms with van der Waals surface area (Å²) in [5, 5.41) is 8.36. The third-order valence-electron chi connectivity index (χ3n) is 7.19. The van der Waals surface area contributed by atoms with E-state index in [1.54, 1.807) is 0 Å². The van der Waals surface area contributed by atoms with Gasteiger partial charge in [-0.3, -0.25) is 4.98 Å². The molecule has 35 heavy (non-hydrogen) atoms. The monoisotopic (exact) mass is 468 g/mol. The summed E-state index contributed by atoms with van der Waals surface area (Å²) in [5.74, 6) is 1.29. The average molecular weight is 469 g/mol. The summed E-state index contributed by atoms with van der Waals surface area (Å²) in [6.45, 7) is 4.06. The number of aromatic nitrogens is 3. The van der Waals surface area contributed by atoms with Gasteiger partial charge in [-0.25, -0.2) is 4.98 Å². The van der Waals surface area contributed by atoms with Crippen molar-refractivity contribution in [2.24, 2.45) is 7.05 Å². The van der Waals surface area contributed by atoms with E-state index < -0.39 is 0 Å². The standard InChI is InChI=1S/C28H32N6O/c1-33(2)16-25-19(18-10-12-35-17-18)7-8-27(32-25)31-24-15-30-28(23-14-29-13-22(23)24)21-5-4-6-26-20(21)9-11-34(26)3/h4-9,11,15,18,29H,10,12-14,16-17H2,1-3H3,(H,31,32)/t18-/m0/s1. The van der Waals surface area contributed by atoms with E-state index >= 15 is 0 Å². The van der Waals surface area contributed by atoms with Gasteiger partial charge < -0.3 is 24.8 Å². The van der Waals surface area contributed by atoms with Crippen molar-refractivity contribution in [1.82, 2.24) is 24.8 Å². The largest absolute Gasteiger partial charge is 0.381 e. The van der Waals surface area contributed by atoms with E-state index in [2.05, 4.69) is 83.8 Å². The van der Waals surface area contributed by atoms with Crippen molar-refractivity contribution >= 4 is 22.4 Å². The van der Waals surface area contributed by atoms with Crippen molar-refractivity contribution in [1.29, 1.82) is 0 Å². The van der Waals surface area contributed by atoms with E-state index in [4.69, 9.17) is 14.7 Å². The van der Waals surface area contributed by atoms with Crippen LogP contribution in [0.15, 0.2) is 48.8 Å². The van der Waals surface area contributed by atoms with E-state index in [1.165, 1.54) is 33.2 Å². The number of ether oxygens (including phenoxy) is 1. The highest BCUT2D eigenvalue weighted by atomic mass is 16.5. The van der Waals surface area contributed by atoms with Gasteiger partial charge in [0.1, 0.15) is 5.82 Å². The van der Waals surface area contributed by atoms with Crippen LogP contribution < -0.4 is 10.6 Å². The Labute approximate surface area is 206 Å². The van der Waals surface area contributed by atoms with Crippen LogP contribution in [-0.2, 0) is 31.4 Å². The van der Waals surface area contributed by atoms with Crippen LogP contribution in [0.4, 0.5) is 11.5 Å². The maximum absolute atomic E-state index is 5.65. The molecule has 7 heteroatoms. The molecule has 1 aromatic carbocycles. The first-order valence-electron chi connectivity index (χ1n) is 12.3.